The van der Waals surface area contributed by atoms with Gasteiger partial charge in [0.15, 0.2) is 0 Å². The molecule has 0 aromatic carbocycles. The van der Waals surface area contributed by atoms with Crippen LogP contribution in [0.25, 0.3) is 0 Å². The van der Waals surface area contributed by atoms with E-state index in [-0.39, 0.29) is 12.5 Å². The van der Waals surface area contributed by atoms with E-state index in [4.69, 9.17) is 4.74 Å². The fraction of sp³-hybridized carbons (Fsp3) is 0.444. The van der Waals surface area contributed by atoms with Crippen molar-refractivity contribution in [3.63, 3.8) is 0 Å². The third kappa shape index (κ3) is 4.21. The van der Waals surface area contributed by atoms with E-state index in [1.165, 1.54) is 4.88 Å². The monoisotopic (exact) mass is 277 g/mol. The lowest BCUT2D eigenvalue weighted by molar-refractivity contribution is -0.142. The molecule has 14 heavy (non-hydrogen) atoms. The van der Waals surface area contributed by atoms with E-state index in [9.17, 15) is 4.79 Å². The molecule has 0 bridgehead atoms. The van der Waals surface area contributed by atoms with Gasteiger partial charge in [0.2, 0.25) is 0 Å². The zero-order chi connectivity index (χ0) is 10.4. The molecule has 0 aliphatic heterocycles. The Morgan fingerprint density at radius 2 is 2.43 bits per heavy atom. The minimum Gasteiger partial charge on any atom is -0.465 e. The van der Waals surface area contributed by atoms with Crippen molar-refractivity contribution in [1.29, 1.82) is 0 Å². The lowest BCUT2D eigenvalue weighted by atomic mass is 10.4. The maximum Gasteiger partial charge on any atom is 0.319 e. The summed E-state index contributed by atoms with van der Waals surface area (Å²) in [5.41, 5.74) is 0. The van der Waals surface area contributed by atoms with Gasteiger partial charge in [-0.25, -0.2) is 0 Å². The third-order valence-electron chi connectivity index (χ3n) is 1.50. The van der Waals surface area contributed by atoms with Crippen LogP contribution in [-0.2, 0) is 16.1 Å². The Bertz CT molecular complexity index is 301. The fourth-order valence-electron chi connectivity index (χ4n) is 0.947. The molecule has 1 rings (SSSR count). The first-order chi connectivity index (χ1) is 6.72. The van der Waals surface area contributed by atoms with E-state index < -0.39 is 0 Å². The minimum atomic E-state index is -0.205. The molecule has 1 N–H and O–H groups in total. The second-order valence-corrected chi connectivity index (χ2v) is 5.16. The number of carbonyl (C=O) groups excluding carboxylic acids is 1. The van der Waals surface area contributed by atoms with E-state index in [1.807, 2.05) is 12.1 Å². The number of carbonyl (C=O) groups is 1. The molecule has 5 heteroatoms. The molecule has 1 aromatic heterocycles. The maximum atomic E-state index is 10.9. The predicted molar refractivity (Wildman–Crippen MR) is 60.4 cm³/mol. The topological polar surface area (TPSA) is 38.3 Å². The van der Waals surface area contributed by atoms with Crippen LogP contribution < -0.4 is 5.32 Å². The van der Waals surface area contributed by atoms with Crippen molar-refractivity contribution in [3.05, 3.63) is 20.8 Å². The average Bonchev–Trinajstić information content (AvgIpc) is 2.52. The van der Waals surface area contributed by atoms with Crippen LogP contribution in [0.4, 0.5) is 0 Å². The smallest absolute Gasteiger partial charge is 0.319 e. The van der Waals surface area contributed by atoms with Crippen LogP contribution in [-0.4, -0.2) is 19.1 Å². The van der Waals surface area contributed by atoms with Gasteiger partial charge in [-0.3, -0.25) is 4.79 Å². The second-order valence-electron chi connectivity index (χ2n) is 2.61. The highest BCUT2D eigenvalue weighted by Gasteiger charge is 2.01. The van der Waals surface area contributed by atoms with Gasteiger partial charge in [0, 0.05) is 11.4 Å². The Kier molecular flexibility index (Phi) is 5.14. The van der Waals surface area contributed by atoms with Crippen molar-refractivity contribution < 1.29 is 9.53 Å². The Hall–Kier alpha value is -0.390. The molecule has 0 fully saturated rings. The molecule has 0 aliphatic carbocycles. The number of hydrogen-bond donors (Lipinski definition) is 1. The number of thiophene rings is 1. The molecule has 0 saturated heterocycles. The minimum absolute atomic E-state index is 0.205. The fourth-order valence-corrected chi connectivity index (χ4v) is 2.40. The van der Waals surface area contributed by atoms with Crippen LogP contribution in [0.2, 0.25) is 0 Å². The van der Waals surface area contributed by atoms with Gasteiger partial charge in [-0.05, 0) is 35.0 Å². The van der Waals surface area contributed by atoms with Gasteiger partial charge in [-0.1, -0.05) is 0 Å². The Balaban J connectivity index is 2.18. The summed E-state index contributed by atoms with van der Waals surface area (Å²) < 4.78 is 5.88. The normalized spacial score (nSPS) is 10.1. The van der Waals surface area contributed by atoms with Crippen molar-refractivity contribution >= 4 is 33.2 Å². The van der Waals surface area contributed by atoms with Crippen LogP contribution in [0.1, 0.15) is 11.8 Å². The zero-order valence-electron chi connectivity index (χ0n) is 7.88. The largest absolute Gasteiger partial charge is 0.465 e. The second kappa shape index (κ2) is 6.16. The van der Waals surface area contributed by atoms with E-state index in [1.54, 1.807) is 18.3 Å². The first-order valence-corrected chi connectivity index (χ1v) is 5.94. The highest BCUT2D eigenvalue weighted by molar-refractivity contribution is 9.11. The summed E-state index contributed by atoms with van der Waals surface area (Å²) in [6.07, 6.45) is 0. The highest BCUT2D eigenvalue weighted by Crippen LogP contribution is 2.21. The number of halogens is 1. The summed E-state index contributed by atoms with van der Waals surface area (Å²) in [7, 11) is 0. The predicted octanol–water partition coefficient (Wildman–Crippen LogP) is 2.16. The highest BCUT2D eigenvalue weighted by atomic mass is 79.9. The molecule has 1 aromatic rings. The SMILES string of the molecule is CCOC(=O)CNCc1ccc(Br)s1. The molecule has 78 valence electrons. The van der Waals surface area contributed by atoms with Crippen LogP contribution in [0.15, 0.2) is 15.9 Å². The lowest BCUT2D eigenvalue weighted by Crippen LogP contribution is -2.23. The van der Waals surface area contributed by atoms with Crippen molar-refractivity contribution in [2.45, 2.75) is 13.5 Å². The molecule has 0 amide bonds. The summed E-state index contributed by atoms with van der Waals surface area (Å²) in [5, 5.41) is 3.01. The molecule has 0 atom stereocenters. The first-order valence-electron chi connectivity index (χ1n) is 4.33. The molecule has 0 spiro atoms. The summed E-state index contributed by atoms with van der Waals surface area (Å²) in [5.74, 6) is -0.205. The van der Waals surface area contributed by atoms with Gasteiger partial charge in [-0.2, -0.15) is 0 Å². The molecule has 0 saturated carbocycles. The molecule has 3 nitrogen and oxygen atoms in total. The molecular formula is C9H12BrNO2S. The van der Waals surface area contributed by atoms with Crippen molar-refractivity contribution in [3.8, 4) is 0 Å². The van der Waals surface area contributed by atoms with Crippen LogP contribution >= 0.6 is 27.3 Å². The molecule has 1 heterocycles. The van der Waals surface area contributed by atoms with Gasteiger partial charge in [-0.15, -0.1) is 11.3 Å². The number of hydrogen-bond acceptors (Lipinski definition) is 4. The van der Waals surface area contributed by atoms with E-state index in [2.05, 4.69) is 21.2 Å². The Labute approximate surface area is 95.6 Å². The van der Waals surface area contributed by atoms with Gasteiger partial charge in [0.25, 0.3) is 0 Å². The van der Waals surface area contributed by atoms with Gasteiger partial charge in [0.05, 0.1) is 16.9 Å². The van der Waals surface area contributed by atoms with Gasteiger partial charge in [0.1, 0.15) is 0 Å². The molecule has 0 aliphatic rings. The molecule has 0 unspecified atom stereocenters. The number of ether oxygens (including phenoxy) is 1. The number of rotatable bonds is 5. The summed E-state index contributed by atoms with van der Waals surface area (Å²) in [4.78, 5) is 12.1. The number of esters is 1. The standard InChI is InChI=1S/C9H12BrNO2S/c1-2-13-9(12)6-11-5-7-3-4-8(10)14-7/h3-4,11H,2,5-6H2,1H3. The molecule has 0 radical (unpaired) electrons. The van der Waals surface area contributed by atoms with Crippen LogP contribution in [0.5, 0.6) is 0 Å². The average molecular weight is 278 g/mol. The quantitative estimate of drug-likeness (QED) is 0.839. The van der Waals surface area contributed by atoms with E-state index >= 15 is 0 Å². The van der Waals surface area contributed by atoms with Gasteiger partial charge < -0.3 is 10.1 Å². The Morgan fingerprint density at radius 3 is 3.00 bits per heavy atom. The number of nitrogens with one attached hydrogen (secondary N) is 1. The van der Waals surface area contributed by atoms with E-state index in [0.717, 1.165) is 3.79 Å². The van der Waals surface area contributed by atoms with Crippen molar-refractivity contribution in [2.24, 2.45) is 0 Å². The zero-order valence-corrected chi connectivity index (χ0v) is 10.3. The maximum absolute atomic E-state index is 10.9. The molecular weight excluding hydrogens is 266 g/mol. The summed E-state index contributed by atoms with van der Waals surface area (Å²) in [6.45, 7) is 3.21. The van der Waals surface area contributed by atoms with Crippen LogP contribution in [0.3, 0.4) is 0 Å². The Morgan fingerprint density at radius 1 is 1.64 bits per heavy atom. The summed E-state index contributed by atoms with van der Waals surface area (Å²) in [6, 6.07) is 4.01. The van der Waals surface area contributed by atoms with E-state index in [0.29, 0.717) is 13.2 Å². The summed E-state index contributed by atoms with van der Waals surface area (Å²) >= 11 is 5.03. The van der Waals surface area contributed by atoms with Crippen molar-refractivity contribution in [2.75, 3.05) is 13.2 Å². The third-order valence-corrected chi connectivity index (χ3v) is 3.13. The van der Waals surface area contributed by atoms with Crippen LogP contribution in [0, 0.1) is 0 Å². The lowest BCUT2D eigenvalue weighted by Gasteiger charge is -2.02. The van der Waals surface area contributed by atoms with Crippen molar-refractivity contribution in [1.82, 2.24) is 5.32 Å². The first kappa shape index (κ1) is 11.7. The van der Waals surface area contributed by atoms with Gasteiger partial charge >= 0.3 is 5.97 Å².